The standard InChI is InChI=1S/C10H17NO2/c1-4-10(13)7-5-6-8-11(3)9(2)12/h6,8H,4-5,7H2,1-3H3/b8-6+. The second-order valence-corrected chi connectivity index (χ2v) is 2.95. The number of hydrogen-bond acceptors (Lipinski definition) is 2. The van der Waals surface area contributed by atoms with Crippen LogP contribution in [0.3, 0.4) is 0 Å². The maximum atomic E-state index is 10.9. The van der Waals surface area contributed by atoms with Crippen molar-refractivity contribution in [2.24, 2.45) is 0 Å². The van der Waals surface area contributed by atoms with E-state index in [0.717, 1.165) is 0 Å². The lowest BCUT2D eigenvalue weighted by molar-refractivity contribution is -0.125. The van der Waals surface area contributed by atoms with Gasteiger partial charge in [0.25, 0.3) is 0 Å². The lowest BCUT2D eigenvalue weighted by atomic mass is 10.2. The Morgan fingerprint density at radius 1 is 1.38 bits per heavy atom. The third-order valence-corrected chi connectivity index (χ3v) is 1.81. The number of amides is 1. The number of rotatable bonds is 5. The third kappa shape index (κ3) is 6.08. The van der Waals surface area contributed by atoms with Crippen molar-refractivity contribution >= 4 is 11.7 Å². The summed E-state index contributed by atoms with van der Waals surface area (Å²) >= 11 is 0. The van der Waals surface area contributed by atoms with Crippen molar-refractivity contribution in [1.29, 1.82) is 0 Å². The van der Waals surface area contributed by atoms with E-state index in [-0.39, 0.29) is 11.7 Å². The van der Waals surface area contributed by atoms with E-state index >= 15 is 0 Å². The van der Waals surface area contributed by atoms with Crippen LogP contribution in [-0.4, -0.2) is 23.6 Å². The van der Waals surface area contributed by atoms with E-state index in [1.165, 1.54) is 11.8 Å². The molecule has 0 aromatic rings. The predicted molar refractivity (Wildman–Crippen MR) is 52.1 cm³/mol. The topological polar surface area (TPSA) is 37.4 Å². The zero-order chi connectivity index (χ0) is 10.3. The SMILES string of the molecule is CCC(=O)CC/C=C/N(C)C(C)=O. The monoisotopic (exact) mass is 183 g/mol. The van der Waals surface area contributed by atoms with Crippen LogP contribution in [0.5, 0.6) is 0 Å². The fraction of sp³-hybridized carbons (Fsp3) is 0.600. The van der Waals surface area contributed by atoms with Gasteiger partial charge in [-0.15, -0.1) is 0 Å². The maximum absolute atomic E-state index is 10.9. The highest BCUT2D eigenvalue weighted by atomic mass is 16.2. The smallest absolute Gasteiger partial charge is 0.223 e. The molecule has 13 heavy (non-hydrogen) atoms. The first-order valence-corrected chi connectivity index (χ1v) is 4.49. The zero-order valence-electron chi connectivity index (χ0n) is 8.54. The maximum Gasteiger partial charge on any atom is 0.223 e. The third-order valence-electron chi connectivity index (χ3n) is 1.81. The van der Waals surface area contributed by atoms with Crippen LogP contribution in [0.15, 0.2) is 12.3 Å². The molecule has 0 heterocycles. The largest absolute Gasteiger partial charge is 0.323 e. The first-order valence-electron chi connectivity index (χ1n) is 4.49. The summed E-state index contributed by atoms with van der Waals surface area (Å²) in [6.07, 6.45) is 5.42. The molecule has 0 aliphatic rings. The van der Waals surface area contributed by atoms with Crippen LogP contribution in [0, 0.1) is 0 Å². The fourth-order valence-electron chi connectivity index (χ4n) is 0.759. The molecule has 0 bridgehead atoms. The average molecular weight is 183 g/mol. The molecule has 0 saturated heterocycles. The number of allylic oxidation sites excluding steroid dienone is 1. The van der Waals surface area contributed by atoms with E-state index in [4.69, 9.17) is 0 Å². The molecule has 0 atom stereocenters. The Kier molecular flexibility index (Phi) is 5.85. The Morgan fingerprint density at radius 2 is 2.00 bits per heavy atom. The summed E-state index contributed by atoms with van der Waals surface area (Å²) < 4.78 is 0. The number of ketones is 1. The second kappa shape index (κ2) is 6.40. The van der Waals surface area contributed by atoms with Crippen molar-refractivity contribution in [2.75, 3.05) is 7.05 Å². The number of carbonyl (C=O) groups excluding carboxylic acids is 2. The van der Waals surface area contributed by atoms with E-state index in [2.05, 4.69) is 0 Å². The van der Waals surface area contributed by atoms with Crippen LogP contribution in [0.25, 0.3) is 0 Å². The highest BCUT2D eigenvalue weighted by molar-refractivity contribution is 5.78. The van der Waals surface area contributed by atoms with E-state index in [0.29, 0.717) is 19.3 Å². The lowest BCUT2D eigenvalue weighted by Gasteiger charge is -2.06. The summed E-state index contributed by atoms with van der Waals surface area (Å²) in [4.78, 5) is 23.1. The van der Waals surface area contributed by atoms with Gasteiger partial charge in [0.2, 0.25) is 5.91 Å². The second-order valence-electron chi connectivity index (χ2n) is 2.95. The normalized spacial score (nSPS) is 10.4. The van der Waals surface area contributed by atoms with Crippen LogP contribution in [0.2, 0.25) is 0 Å². The van der Waals surface area contributed by atoms with Gasteiger partial charge in [0, 0.05) is 33.0 Å². The molecule has 0 aromatic heterocycles. The molecule has 0 N–H and O–H groups in total. The van der Waals surface area contributed by atoms with Gasteiger partial charge < -0.3 is 4.90 Å². The summed E-state index contributed by atoms with van der Waals surface area (Å²) in [5.41, 5.74) is 0. The van der Waals surface area contributed by atoms with Crippen molar-refractivity contribution in [2.45, 2.75) is 33.1 Å². The minimum atomic E-state index is -0.00179. The molecular weight excluding hydrogens is 166 g/mol. The van der Waals surface area contributed by atoms with Gasteiger partial charge in [-0.1, -0.05) is 13.0 Å². The van der Waals surface area contributed by atoms with Gasteiger partial charge in [-0.05, 0) is 6.42 Å². The number of carbonyl (C=O) groups is 2. The molecule has 74 valence electrons. The molecule has 1 amide bonds. The Labute approximate surface area is 79.4 Å². The molecule has 0 radical (unpaired) electrons. The van der Waals surface area contributed by atoms with Crippen LogP contribution in [0.4, 0.5) is 0 Å². The van der Waals surface area contributed by atoms with Crippen LogP contribution < -0.4 is 0 Å². The van der Waals surface area contributed by atoms with Gasteiger partial charge in [-0.2, -0.15) is 0 Å². The highest BCUT2D eigenvalue weighted by Gasteiger charge is 1.96. The molecule has 0 rings (SSSR count). The van der Waals surface area contributed by atoms with E-state index in [1.807, 2.05) is 13.0 Å². The summed E-state index contributed by atoms with van der Waals surface area (Å²) in [6.45, 7) is 3.36. The number of nitrogens with zero attached hydrogens (tertiary/aromatic N) is 1. The molecule has 0 aliphatic heterocycles. The van der Waals surface area contributed by atoms with E-state index in [9.17, 15) is 9.59 Å². The molecule has 0 spiro atoms. The molecule has 0 aromatic carbocycles. The van der Waals surface area contributed by atoms with Gasteiger partial charge in [0.1, 0.15) is 5.78 Å². The number of hydrogen-bond donors (Lipinski definition) is 0. The first-order chi connectivity index (χ1) is 6.07. The van der Waals surface area contributed by atoms with Crippen LogP contribution in [-0.2, 0) is 9.59 Å². The average Bonchev–Trinajstić information content (AvgIpc) is 2.11. The summed E-state index contributed by atoms with van der Waals surface area (Å²) in [5, 5.41) is 0. The summed E-state index contributed by atoms with van der Waals surface area (Å²) in [6, 6.07) is 0. The van der Waals surface area contributed by atoms with E-state index in [1.54, 1.807) is 13.2 Å². The number of Topliss-reactive ketones (excluding diaryl/α,β-unsaturated/α-hetero) is 1. The minimum Gasteiger partial charge on any atom is -0.323 e. The molecule has 3 heteroatoms. The van der Waals surface area contributed by atoms with Crippen molar-refractivity contribution in [3.8, 4) is 0 Å². The quantitative estimate of drug-likeness (QED) is 0.651. The van der Waals surface area contributed by atoms with Gasteiger partial charge >= 0.3 is 0 Å². The zero-order valence-corrected chi connectivity index (χ0v) is 8.54. The van der Waals surface area contributed by atoms with Gasteiger partial charge in [-0.25, -0.2) is 0 Å². The highest BCUT2D eigenvalue weighted by Crippen LogP contribution is 1.96. The van der Waals surface area contributed by atoms with Crippen molar-refractivity contribution < 1.29 is 9.59 Å². The summed E-state index contributed by atoms with van der Waals surface area (Å²) in [7, 11) is 1.69. The van der Waals surface area contributed by atoms with Crippen LogP contribution >= 0.6 is 0 Å². The van der Waals surface area contributed by atoms with Gasteiger partial charge in [0.15, 0.2) is 0 Å². The van der Waals surface area contributed by atoms with E-state index < -0.39 is 0 Å². The Morgan fingerprint density at radius 3 is 2.46 bits per heavy atom. The van der Waals surface area contributed by atoms with Crippen molar-refractivity contribution in [3.05, 3.63) is 12.3 Å². The molecule has 0 fully saturated rings. The molecule has 0 aliphatic carbocycles. The Hall–Kier alpha value is -1.12. The minimum absolute atomic E-state index is 0.00179. The summed E-state index contributed by atoms with van der Waals surface area (Å²) in [5.74, 6) is 0.258. The molecule has 3 nitrogen and oxygen atoms in total. The molecule has 0 unspecified atom stereocenters. The first kappa shape index (κ1) is 11.9. The Bertz CT molecular complexity index is 209. The molecule has 0 saturated carbocycles. The lowest BCUT2D eigenvalue weighted by Crippen LogP contribution is -2.16. The van der Waals surface area contributed by atoms with Gasteiger partial charge in [-0.3, -0.25) is 9.59 Å². The van der Waals surface area contributed by atoms with Crippen molar-refractivity contribution in [3.63, 3.8) is 0 Å². The Balaban J connectivity index is 3.63. The van der Waals surface area contributed by atoms with Crippen molar-refractivity contribution in [1.82, 2.24) is 4.90 Å². The van der Waals surface area contributed by atoms with Gasteiger partial charge in [0.05, 0.1) is 0 Å². The fourth-order valence-corrected chi connectivity index (χ4v) is 0.759. The van der Waals surface area contributed by atoms with Crippen LogP contribution in [0.1, 0.15) is 33.1 Å². The molecular formula is C10H17NO2. The predicted octanol–water partition coefficient (Wildman–Crippen LogP) is 1.74.